The second-order valence-corrected chi connectivity index (χ2v) is 14.6. The fraction of sp³-hybridized carbons (Fsp3) is 0. The van der Waals surface area contributed by atoms with Gasteiger partial charge in [0, 0.05) is 20.9 Å². The summed E-state index contributed by atoms with van der Waals surface area (Å²) in [6.45, 7) is 0. The minimum atomic E-state index is -2.65. The number of aromatic nitrogens is 1. The quantitative estimate of drug-likeness (QED) is 0.154. The molecule has 1 heterocycles. The molecule has 7 aromatic rings. The Bertz CT molecular complexity index is 1850. The highest BCUT2D eigenvalue weighted by molar-refractivity contribution is 9.10. The maximum atomic E-state index is 3.68. The smallest absolute Gasteiger partial charge is 0.179 e. The first-order valence-electron chi connectivity index (χ1n) is 13.2. The van der Waals surface area contributed by atoms with E-state index in [1.165, 1.54) is 48.2 Å². The van der Waals surface area contributed by atoms with Crippen LogP contribution in [0, 0.1) is 0 Å². The molecular weight excluding hydrogens is 554 g/mol. The summed E-state index contributed by atoms with van der Waals surface area (Å²) in [4.78, 5) is 0. The van der Waals surface area contributed by atoms with Crippen molar-refractivity contribution in [2.75, 3.05) is 0 Å². The molecule has 0 unspecified atom stereocenters. The van der Waals surface area contributed by atoms with Crippen LogP contribution in [0.15, 0.2) is 162 Å². The predicted octanol–water partition coefficient (Wildman–Crippen LogP) is 6.92. The highest BCUT2D eigenvalue weighted by Crippen LogP contribution is 2.31. The Balaban J connectivity index is 1.63. The van der Waals surface area contributed by atoms with Gasteiger partial charge in [-0.05, 0) is 57.1 Å². The Kier molecular flexibility index (Phi) is 6.03. The molecule has 3 heteroatoms. The second kappa shape index (κ2) is 9.85. The van der Waals surface area contributed by atoms with Crippen molar-refractivity contribution < 1.29 is 0 Å². The predicted molar refractivity (Wildman–Crippen MR) is 172 cm³/mol. The monoisotopic (exact) mass is 579 g/mol. The minimum absolute atomic E-state index is 1.09. The van der Waals surface area contributed by atoms with Crippen LogP contribution < -0.4 is 20.7 Å². The Labute approximate surface area is 238 Å². The molecule has 0 aliphatic heterocycles. The maximum Gasteiger partial charge on any atom is 0.179 e. The number of hydrogen-bond donors (Lipinski definition) is 0. The lowest BCUT2D eigenvalue weighted by atomic mass is 10.1. The third-order valence-corrected chi connectivity index (χ3v) is 13.1. The van der Waals surface area contributed by atoms with E-state index in [4.69, 9.17) is 0 Å². The summed E-state index contributed by atoms with van der Waals surface area (Å²) in [6.07, 6.45) is 0. The van der Waals surface area contributed by atoms with Gasteiger partial charge in [0.05, 0.1) is 11.0 Å². The maximum absolute atomic E-state index is 3.68. The summed E-state index contributed by atoms with van der Waals surface area (Å²) < 4.78 is 3.51. The summed E-state index contributed by atoms with van der Waals surface area (Å²) in [5, 5.41) is 8.04. The summed E-state index contributed by atoms with van der Waals surface area (Å²) in [5.74, 6) is 0. The van der Waals surface area contributed by atoms with E-state index in [1.807, 2.05) is 0 Å². The largest absolute Gasteiger partial charge is 0.309 e. The Morgan fingerprint density at radius 2 is 0.897 bits per heavy atom. The number of hydrogen-bond acceptors (Lipinski definition) is 0. The Morgan fingerprint density at radius 3 is 1.54 bits per heavy atom. The van der Waals surface area contributed by atoms with E-state index in [0.717, 1.165) is 4.47 Å². The third kappa shape index (κ3) is 3.89. The molecule has 0 atom stereocenters. The molecule has 0 N–H and O–H groups in total. The molecule has 1 aromatic heterocycles. The molecule has 0 aliphatic carbocycles. The van der Waals surface area contributed by atoms with Gasteiger partial charge >= 0.3 is 0 Å². The van der Waals surface area contributed by atoms with Gasteiger partial charge in [-0.1, -0.05) is 137 Å². The number of fused-ring (bicyclic) bond motifs is 3. The van der Waals surface area contributed by atoms with Gasteiger partial charge in [0.2, 0.25) is 0 Å². The zero-order chi connectivity index (χ0) is 26.2. The van der Waals surface area contributed by atoms with Crippen LogP contribution in [-0.2, 0) is 0 Å². The first-order chi connectivity index (χ1) is 19.3. The topological polar surface area (TPSA) is 4.93 Å². The molecule has 0 radical (unpaired) electrons. The van der Waals surface area contributed by atoms with Crippen molar-refractivity contribution in [3.05, 3.63) is 162 Å². The van der Waals surface area contributed by atoms with Gasteiger partial charge in [-0.3, -0.25) is 0 Å². The average Bonchev–Trinajstić information content (AvgIpc) is 3.34. The fourth-order valence-corrected chi connectivity index (χ4v) is 11.1. The zero-order valence-electron chi connectivity index (χ0n) is 21.3. The third-order valence-electron chi connectivity index (χ3n) is 7.81. The van der Waals surface area contributed by atoms with E-state index in [0.29, 0.717) is 0 Å². The number of benzene rings is 6. The number of para-hydroxylation sites is 2. The first kappa shape index (κ1) is 23.9. The normalized spacial score (nSPS) is 11.7. The lowest BCUT2D eigenvalue weighted by Gasteiger charge is -2.34. The van der Waals surface area contributed by atoms with Crippen molar-refractivity contribution in [2.45, 2.75) is 0 Å². The molecule has 0 saturated heterocycles. The Hall–Kier alpha value is -4.18. The fourth-order valence-electron chi connectivity index (χ4n) is 6.14. The van der Waals surface area contributed by atoms with E-state index in [-0.39, 0.29) is 0 Å². The second-order valence-electron chi connectivity index (χ2n) is 9.91. The van der Waals surface area contributed by atoms with Gasteiger partial charge in [0.1, 0.15) is 0 Å². The van der Waals surface area contributed by atoms with Crippen LogP contribution in [0.1, 0.15) is 0 Å². The van der Waals surface area contributed by atoms with Crippen molar-refractivity contribution in [1.82, 2.24) is 4.57 Å². The van der Waals surface area contributed by atoms with Gasteiger partial charge in [-0.15, -0.1) is 0 Å². The standard InChI is InChI=1S/C36H26BrNSi/c37-27-20-22-31(23-21-27)39(29-14-6-2-7-15-29,30-16-8-3-9-17-30)32-24-25-34-33-18-10-11-19-35(33)38(36(34)26-32)28-12-4-1-5-13-28/h1-26H. The van der Waals surface area contributed by atoms with E-state index in [1.54, 1.807) is 0 Å². The molecule has 0 amide bonds. The van der Waals surface area contributed by atoms with Crippen molar-refractivity contribution >= 4 is 66.6 Å². The van der Waals surface area contributed by atoms with Crippen LogP contribution in [0.3, 0.4) is 0 Å². The molecular formula is C36H26BrNSi. The highest BCUT2D eigenvalue weighted by Gasteiger charge is 2.41. The Morgan fingerprint density at radius 1 is 0.410 bits per heavy atom. The van der Waals surface area contributed by atoms with Crippen molar-refractivity contribution in [3.8, 4) is 5.69 Å². The zero-order valence-corrected chi connectivity index (χ0v) is 23.9. The first-order valence-corrected chi connectivity index (χ1v) is 16.0. The molecule has 0 spiro atoms. The van der Waals surface area contributed by atoms with Crippen molar-refractivity contribution in [2.24, 2.45) is 0 Å². The highest BCUT2D eigenvalue weighted by atomic mass is 79.9. The van der Waals surface area contributed by atoms with Crippen LogP contribution in [0.5, 0.6) is 0 Å². The lowest BCUT2D eigenvalue weighted by Crippen LogP contribution is -2.74. The molecule has 0 aliphatic rings. The number of nitrogens with zero attached hydrogens (tertiary/aromatic N) is 1. The van der Waals surface area contributed by atoms with Gasteiger partial charge in [-0.25, -0.2) is 0 Å². The molecule has 1 nitrogen and oxygen atoms in total. The molecule has 7 rings (SSSR count). The van der Waals surface area contributed by atoms with Gasteiger partial charge in [0.25, 0.3) is 0 Å². The van der Waals surface area contributed by atoms with E-state index < -0.39 is 8.07 Å². The molecule has 0 saturated carbocycles. The molecule has 6 aromatic carbocycles. The van der Waals surface area contributed by atoms with E-state index in [2.05, 4.69) is 178 Å². The molecule has 186 valence electrons. The number of halogens is 1. The van der Waals surface area contributed by atoms with Crippen LogP contribution in [0.2, 0.25) is 0 Å². The number of rotatable bonds is 5. The summed E-state index contributed by atoms with van der Waals surface area (Å²) in [5.41, 5.74) is 3.64. The van der Waals surface area contributed by atoms with Gasteiger partial charge in [-0.2, -0.15) is 0 Å². The lowest BCUT2D eigenvalue weighted by molar-refractivity contribution is 1.18. The summed E-state index contributed by atoms with van der Waals surface area (Å²) in [7, 11) is -2.65. The summed E-state index contributed by atoms with van der Waals surface area (Å²) in [6, 6.07) is 57.9. The van der Waals surface area contributed by atoms with Crippen molar-refractivity contribution in [1.29, 1.82) is 0 Å². The average molecular weight is 581 g/mol. The van der Waals surface area contributed by atoms with Crippen LogP contribution in [0.25, 0.3) is 27.5 Å². The summed E-state index contributed by atoms with van der Waals surface area (Å²) >= 11 is 3.68. The van der Waals surface area contributed by atoms with Gasteiger partial charge < -0.3 is 4.57 Å². The van der Waals surface area contributed by atoms with Crippen molar-refractivity contribution in [3.63, 3.8) is 0 Å². The van der Waals surface area contributed by atoms with E-state index in [9.17, 15) is 0 Å². The van der Waals surface area contributed by atoms with Crippen LogP contribution >= 0.6 is 15.9 Å². The van der Waals surface area contributed by atoms with Crippen LogP contribution in [-0.4, -0.2) is 12.6 Å². The van der Waals surface area contributed by atoms with Gasteiger partial charge in [0.15, 0.2) is 8.07 Å². The molecule has 0 fully saturated rings. The molecule has 39 heavy (non-hydrogen) atoms. The molecule has 0 bridgehead atoms. The van der Waals surface area contributed by atoms with E-state index >= 15 is 0 Å². The minimum Gasteiger partial charge on any atom is -0.309 e. The SMILES string of the molecule is Brc1ccc([Si](c2ccccc2)(c2ccccc2)c2ccc3c4ccccc4n(-c4ccccc4)c3c2)cc1. The van der Waals surface area contributed by atoms with Crippen LogP contribution in [0.4, 0.5) is 0 Å².